The van der Waals surface area contributed by atoms with Crippen LogP contribution in [0.2, 0.25) is 0 Å². The average Bonchev–Trinajstić information content (AvgIpc) is 3.12. The van der Waals surface area contributed by atoms with E-state index in [1.807, 2.05) is 6.08 Å². The van der Waals surface area contributed by atoms with Gasteiger partial charge in [-0.2, -0.15) is 0 Å². The Balaban J connectivity index is 1.63. The molecule has 0 bridgehead atoms. The van der Waals surface area contributed by atoms with Crippen LogP contribution < -0.4 is 0 Å². The van der Waals surface area contributed by atoms with E-state index in [0.29, 0.717) is 17.6 Å². The van der Waals surface area contributed by atoms with Gasteiger partial charge in [0, 0.05) is 17.3 Å². The molecule has 3 saturated carbocycles. The fraction of sp³-hybridized carbons (Fsp3) is 0.684. The fourth-order valence-electron chi connectivity index (χ4n) is 6.42. The second kappa shape index (κ2) is 3.64. The maximum Gasteiger partial charge on any atom is 0.178 e. The van der Waals surface area contributed by atoms with Crippen LogP contribution >= 0.6 is 0 Å². The standard InChI is InChI=1S/C19H22O3/c1-17-10-16-19(22-16)14(13(17)5-6-15(17)21)4-3-11-9-12(20)7-8-18(11,19)2/h7-9,13-14,16H,3-6,10H2,1-2H3/t13-,14+,16-,17-,18+,19+/m0/s1. The summed E-state index contributed by atoms with van der Waals surface area (Å²) in [7, 11) is 0. The zero-order valence-corrected chi connectivity index (χ0v) is 13.2. The predicted octanol–water partition coefficient (Wildman–Crippen LogP) is 2.99. The summed E-state index contributed by atoms with van der Waals surface area (Å²) in [5.74, 6) is 1.48. The Kier molecular flexibility index (Phi) is 2.19. The summed E-state index contributed by atoms with van der Waals surface area (Å²) >= 11 is 0. The van der Waals surface area contributed by atoms with Crippen molar-refractivity contribution in [3.05, 3.63) is 23.8 Å². The summed E-state index contributed by atoms with van der Waals surface area (Å²) in [6, 6.07) is 0. The van der Waals surface area contributed by atoms with Gasteiger partial charge in [-0.3, -0.25) is 9.59 Å². The number of hydrogen-bond donors (Lipinski definition) is 0. The largest absolute Gasteiger partial charge is 0.364 e. The van der Waals surface area contributed by atoms with E-state index >= 15 is 0 Å². The van der Waals surface area contributed by atoms with Crippen LogP contribution in [0.1, 0.15) is 46.0 Å². The zero-order valence-electron chi connectivity index (χ0n) is 13.2. The van der Waals surface area contributed by atoms with E-state index in [9.17, 15) is 9.59 Å². The maximum absolute atomic E-state index is 12.4. The molecular weight excluding hydrogens is 276 g/mol. The molecule has 4 fully saturated rings. The number of carbonyl (C=O) groups is 2. The first-order valence-corrected chi connectivity index (χ1v) is 8.57. The molecule has 5 rings (SSSR count). The Bertz CT molecular complexity index is 674. The minimum Gasteiger partial charge on any atom is -0.364 e. The number of epoxide rings is 1. The van der Waals surface area contributed by atoms with E-state index in [1.54, 1.807) is 6.08 Å². The summed E-state index contributed by atoms with van der Waals surface area (Å²) in [6.45, 7) is 4.42. The van der Waals surface area contributed by atoms with Crippen molar-refractivity contribution in [2.24, 2.45) is 22.7 Å². The molecule has 6 atom stereocenters. The van der Waals surface area contributed by atoms with Gasteiger partial charge in [-0.05, 0) is 56.6 Å². The summed E-state index contributed by atoms with van der Waals surface area (Å²) in [6.07, 6.45) is 10.5. The molecule has 0 N–H and O–H groups in total. The fourth-order valence-corrected chi connectivity index (χ4v) is 6.42. The third kappa shape index (κ3) is 1.22. The first-order valence-electron chi connectivity index (χ1n) is 8.57. The van der Waals surface area contributed by atoms with Crippen molar-refractivity contribution < 1.29 is 14.3 Å². The third-order valence-electron chi connectivity index (χ3n) is 7.64. The van der Waals surface area contributed by atoms with Gasteiger partial charge in [-0.1, -0.05) is 18.6 Å². The number of rotatable bonds is 0. The number of ketones is 2. The lowest BCUT2D eigenvalue weighted by Gasteiger charge is -2.53. The summed E-state index contributed by atoms with van der Waals surface area (Å²) in [4.78, 5) is 24.2. The number of Topliss-reactive ketones (excluding diaryl/α,β-unsaturated/α-hetero) is 1. The summed E-state index contributed by atoms with van der Waals surface area (Å²) in [5, 5.41) is 0. The lowest BCUT2D eigenvalue weighted by molar-refractivity contribution is -0.129. The lowest BCUT2D eigenvalue weighted by atomic mass is 9.48. The Morgan fingerprint density at radius 3 is 2.73 bits per heavy atom. The van der Waals surface area contributed by atoms with Crippen molar-refractivity contribution in [1.82, 2.24) is 0 Å². The van der Waals surface area contributed by atoms with Crippen molar-refractivity contribution >= 4 is 11.6 Å². The number of allylic oxidation sites excluding steroid dienone is 2. The van der Waals surface area contributed by atoms with Gasteiger partial charge in [0.1, 0.15) is 11.4 Å². The monoisotopic (exact) mass is 298 g/mol. The van der Waals surface area contributed by atoms with Crippen molar-refractivity contribution in [3.8, 4) is 0 Å². The number of hydrogen-bond acceptors (Lipinski definition) is 3. The van der Waals surface area contributed by atoms with Crippen molar-refractivity contribution in [2.75, 3.05) is 0 Å². The molecule has 0 aromatic heterocycles. The van der Waals surface area contributed by atoms with Crippen molar-refractivity contribution in [1.29, 1.82) is 0 Å². The van der Waals surface area contributed by atoms with Gasteiger partial charge in [0.15, 0.2) is 5.78 Å². The number of fused-ring (bicyclic) bond motifs is 3. The second-order valence-corrected chi connectivity index (χ2v) is 8.34. The molecule has 0 radical (unpaired) electrons. The van der Waals surface area contributed by atoms with Crippen LogP contribution in [0.25, 0.3) is 0 Å². The van der Waals surface area contributed by atoms with Crippen LogP contribution in [0, 0.1) is 22.7 Å². The molecule has 5 aliphatic rings. The number of ether oxygens (including phenoxy) is 1. The molecular formula is C19H22O3. The van der Waals surface area contributed by atoms with E-state index in [4.69, 9.17) is 4.74 Å². The molecule has 3 heteroatoms. The van der Waals surface area contributed by atoms with Gasteiger partial charge in [-0.15, -0.1) is 0 Å². The smallest absolute Gasteiger partial charge is 0.178 e. The highest BCUT2D eigenvalue weighted by atomic mass is 16.6. The van der Waals surface area contributed by atoms with Crippen LogP contribution in [-0.4, -0.2) is 23.3 Å². The van der Waals surface area contributed by atoms with Gasteiger partial charge in [0.25, 0.3) is 0 Å². The van der Waals surface area contributed by atoms with Crippen LogP contribution in [0.5, 0.6) is 0 Å². The molecule has 4 aliphatic carbocycles. The van der Waals surface area contributed by atoms with Gasteiger partial charge >= 0.3 is 0 Å². The topological polar surface area (TPSA) is 46.7 Å². The van der Waals surface area contributed by atoms with E-state index in [1.165, 1.54) is 5.57 Å². The number of carbonyl (C=O) groups excluding carboxylic acids is 2. The molecule has 1 spiro atoms. The molecule has 22 heavy (non-hydrogen) atoms. The SMILES string of the molecule is C[C@]12C[C@@H]3O[C@]34[C@H](CCC3=CC(=O)C=C[C@]34C)[C@@H]1CCC2=O. The van der Waals surface area contributed by atoms with E-state index in [-0.39, 0.29) is 28.3 Å². The highest BCUT2D eigenvalue weighted by molar-refractivity contribution is 6.01. The average molecular weight is 298 g/mol. The first kappa shape index (κ1) is 13.2. The van der Waals surface area contributed by atoms with Crippen molar-refractivity contribution in [3.63, 3.8) is 0 Å². The van der Waals surface area contributed by atoms with Gasteiger partial charge in [0.2, 0.25) is 0 Å². The lowest BCUT2D eigenvalue weighted by Crippen LogP contribution is -2.56. The Labute approximate surface area is 130 Å². The van der Waals surface area contributed by atoms with Gasteiger partial charge < -0.3 is 4.74 Å². The van der Waals surface area contributed by atoms with Crippen LogP contribution in [0.3, 0.4) is 0 Å². The maximum atomic E-state index is 12.4. The van der Waals surface area contributed by atoms with Crippen LogP contribution in [0.15, 0.2) is 23.8 Å². The Hall–Kier alpha value is -1.22. The molecule has 0 unspecified atom stereocenters. The Morgan fingerprint density at radius 1 is 1.14 bits per heavy atom. The summed E-state index contributed by atoms with van der Waals surface area (Å²) in [5.41, 5.74) is 0.776. The molecule has 116 valence electrons. The molecule has 1 aliphatic heterocycles. The predicted molar refractivity (Wildman–Crippen MR) is 81.1 cm³/mol. The highest BCUT2D eigenvalue weighted by Gasteiger charge is 2.78. The third-order valence-corrected chi connectivity index (χ3v) is 7.64. The Morgan fingerprint density at radius 2 is 1.91 bits per heavy atom. The van der Waals surface area contributed by atoms with E-state index in [2.05, 4.69) is 19.9 Å². The quantitative estimate of drug-likeness (QED) is 0.646. The minimum absolute atomic E-state index is 0.108. The minimum atomic E-state index is -0.166. The highest BCUT2D eigenvalue weighted by Crippen LogP contribution is 2.73. The molecule has 0 amide bonds. The van der Waals surface area contributed by atoms with E-state index < -0.39 is 0 Å². The van der Waals surface area contributed by atoms with Gasteiger partial charge in [-0.25, -0.2) is 0 Å². The zero-order chi connectivity index (χ0) is 15.3. The molecule has 1 heterocycles. The summed E-state index contributed by atoms with van der Waals surface area (Å²) < 4.78 is 6.37. The molecule has 1 saturated heterocycles. The van der Waals surface area contributed by atoms with Crippen LogP contribution in [-0.2, 0) is 14.3 Å². The molecule has 0 aromatic rings. The van der Waals surface area contributed by atoms with Gasteiger partial charge in [0.05, 0.1) is 6.10 Å². The van der Waals surface area contributed by atoms with Crippen LogP contribution in [0.4, 0.5) is 0 Å². The molecule has 0 aromatic carbocycles. The molecule has 3 nitrogen and oxygen atoms in total. The normalized spacial score (nSPS) is 55.0. The van der Waals surface area contributed by atoms with E-state index in [0.717, 1.165) is 32.1 Å². The second-order valence-electron chi connectivity index (χ2n) is 8.34. The van der Waals surface area contributed by atoms with Crippen molar-refractivity contribution in [2.45, 2.75) is 57.7 Å². The first-order chi connectivity index (χ1) is 10.4.